The molecule has 6 heteroatoms. The largest absolute Gasteiger partial charge is 0.352 e. The molecule has 0 radical (unpaired) electrons. The molecule has 2 aromatic carbocycles. The van der Waals surface area contributed by atoms with Gasteiger partial charge in [0.25, 0.3) is 11.8 Å². The lowest BCUT2D eigenvalue weighted by atomic mass is 10.1. The molecule has 0 saturated carbocycles. The lowest BCUT2D eigenvalue weighted by Crippen LogP contribution is -2.25. The first-order valence-electron chi connectivity index (χ1n) is 8.64. The predicted molar refractivity (Wildman–Crippen MR) is 111 cm³/mol. The Morgan fingerprint density at radius 1 is 0.692 bits per heavy atom. The van der Waals surface area contributed by atoms with Crippen molar-refractivity contribution in [3.8, 4) is 0 Å². The molecule has 0 bridgehead atoms. The van der Waals surface area contributed by atoms with Crippen LogP contribution in [0.4, 0.5) is 0 Å². The minimum Gasteiger partial charge on any atom is -0.352 e. The fourth-order valence-electron chi connectivity index (χ4n) is 2.47. The summed E-state index contributed by atoms with van der Waals surface area (Å²) in [6, 6.07) is 14.7. The Hall–Kier alpha value is -1.66. The molecule has 0 unspecified atom stereocenters. The van der Waals surface area contributed by atoms with Crippen molar-refractivity contribution in [3.63, 3.8) is 0 Å². The predicted octanol–water partition coefficient (Wildman–Crippen LogP) is 4.93. The SMILES string of the molecule is O=C(NCCCCCCNC(=O)c1cccc(Br)c1)c1cccc(Br)c1. The maximum Gasteiger partial charge on any atom is 0.251 e. The van der Waals surface area contributed by atoms with Gasteiger partial charge in [0.2, 0.25) is 0 Å². The molecule has 2 N–H and O–H groups in total. The van der Waals surface area contributed by atoms with Crippen molar-refractivity contribution in [2.75, 3.05) is 13.1 Å². The van der Waals surface area contributed by atoms with Crippen LogP contribution in [-0.2, 0) is 0 Å². The summed E-state index contributed by atoms with van der Waals surface area (Å²) in [6.45, 7) is 1.32. The van der Waals surface area contributed by atoms with Crippen LogP contribution >= 0.6 is 31.9 Å². The third-order valence-corrected chi connectivity index (χ3v) is 4.83. The van der Waals surface area contributed by atoms with E-state index in [4.69, 9.17) is 0 Å². The van der Waals surface area contributed by atoms with Crippen molar-refractivity contribution in [3.05, 3.63) is 68.6 Å². The molecule has 2 aromatic rings. The Balaban J connectivity index is 1.53. The van der Waals surface area contributed by atoms with Crippen molar-refractivity contribution >= 4 is 43.7 Å². The molecule has 0 saturated heterocycles. The van der Waals surface area contributed by atoms with E-state index in [-0.39, 0.29) is 11.8 Å². The number of hydrogen-bond acceptors (Lipinski definition) is 2. The molecule has 0 spiro atoms. The Labute approximate surface area is 171 Å². The molecule has 0 aliphatic rings. The molecule has 2 amide bonds. The maximum atomic E-state index is 12.0. The average Bonchev–Trinajstić information content (AvgIpc) is 2.63. The third-order valence-electron chi connectivity index (χ3n) is 3.85. The molecule has 0 fully saturated rings. The van der Waals surface area contributed by atoms with Gasteiger partial charge in [0.05, 0.1) is 0 Å². The van der Waals surface area contributed by atoms with Gasteiger partial charge < -0.3 is 10.6 Å². The molecular formula is C20H22Br2N2O2. The number of hydrogen-bond donors (Lipinski definition) is 2. The van der Waals surface area contributed by atoms with E-state index in [0.29, 0.717) is 24.2 Å². The van der Waals surface area contributed by atoms with Gasteiger partial charge in [0, 0.05) is 33.2 Å². The van der Waals surface area contributed by atoms with Gasteiger partial charge in [-0.2, -0.15) is 0 Å². The Kier molecular flexibility index (Phi) is 8.85. The molecule has 0 heterocycles. The molecule has 0 aliphatic heterocycles. The van der Waals surface area contributed by atoms with Gasteiger partial charge in [-0.1, -0.05) is 56.8 Å². The quantitative estimate of drug-likeness (QED) is 0.498. The van der Waals surface area contributed by atoms with Crippen LogP contribution < -0.4 is 10.6 Å². The van der Waals surface area contributed by atoms with Crippen molar-refractivity contribution < 1.29 is 9.59 Å². The second kappa shape index (κ2) is 11.1. The summed E-state index contributed by atoms with van der Waals surface area (Å²) in [5.41, 5.74) is 1.32. The standard InChI is InChI=1S/C20H22Br2N2O2/c21-17-9-5-7-15(13-17)19(25)23-11-3-1-2-4-12-24-20(26)16-8-6-10-18(22)14-16/h5-10,13-14H,1-4,11-12H2,(H,23,25)(H,24,26). The Morgan fingerprint density at radius 3 is 1.50 bits per heavy atom. The highest BCUT2D eigenvalue weighted by Crippen LogP contribution is 2.12. The normalized spacial score (nSPS) is 10.4. The maximum absolute atomic E-state index is 12.0. The van der Waals surface area contributed by atoms with Crippen molar-refractivity contribution in [2.24, 2.45) is 0 Å². The van der Waals surface area contributed by atoms with Gasteiger partial charge >= 0.3 is 0 Å². The first-order valence-corrected chi connectivity index (χ1v) is 10.2. The molecule has 0 atom stereocenters. The smallest absolute Gasteiger partial charge is 0.251 e. The van der Waals surface area contributed by atoms with E-state index in [9.17, 15) is 9.59 Å². The Morgan fingerprint density at radius 2 is 1.12 bits per heavy atom. The van der Waals surface area contributed by atoms with Crippen LogP contribution in [0, 0.1) is 0 Å². The van der Waals surface area contributed by atoms with Crippen LogP contribution in [0.3, 0.4) is 0 Å². The molecule has 4 nitrogen and oxygen atoms in total. The fraction of sp³-hybridized carbons (Fsp3) is 0.300. The van der Waals surface area contributed by atoms with E-state index in [2.05, 4.69) is 42.5 Å². The fourth-order valence-corrected chi connectivity index (χ4v) is 3.27. The summed E-state index contributed by atoms with van der Waals surface area (Å²) in [4.78, 5) is 24.0. The number of halogens is 2. The summed E-state index contributed by atoms with van der Waals surface area (Å²) in [7, 11) is 0. The monoisotopic (exact) mass is 480 g/mol. The highest BCUT2D eigenvalue weighted by molar-refractivity contribution is 9.10. The molecule has 2 rings (SSSR count). The lowest BCUT2D eigenvalue weighted by Gasteiger charge is -2.07. The summed E-state index contributed by atoms with van der Waals surface area (Å²) >= 11 is 6.73. The second-order valence-corrected chi connectivity index (χ2v) is 7.78. The van der Waals surface area contributed by atoms with Gasteiger partial charge in [0.15, 0.2) is 0 Å². The number of carbonyl (C=O) groups is 2. The van der Waals surface area contributed by atoms with Gasteiger partial charge in [-0.3, -0.25) is 9.59 Å². The zero-order valence-electron chi connectivity index (χ0n) is 14.4. The van der Waals surface area contributed by atoms with Gasteiger partial charge in [-0.05, 0) is 49.2 Å². The van der Waals surface area contributed by atoms with E-state index in [0.717, 1.165) is 34.6 Å². The van der Waals surface area contributed by atoms with Gasteiger partial charge in [-0.25, -0.2) is 0 Å². The minimum atomic E-state index is -0.0485. The van der Waals surface area contributed by atoms with Crippen molar-refractivity contribution in [1.82, 2.24) is 10.6 Å². The van der Waals surface area contributed by atoms with Crippen LogP contribution in [0.2, 0.25) is 0 Å². The van der Waals surface area contributed by atoms with Crippen LogP contribution in [0.15, 0.2) is 57.5 Å². The first kappa shape index (κ1) is 20.6. The molecule has 26 heavy (non-hydrogen) atoms. The summed E-state index contributed by atoms with van der Waals surface area (Å²) in [5.74, 6) is -0.0971. The third kappa shape index (κ3) is 7.30. The van der Waals surface area contributed by atoms with Crippen LogP contribution in [0.1, 0.15) is 46.4 Å². The summed E-state index contributed by atoms with van der Waals surface area (Å²) in [6.07, 6.45) is 3.90. The summed E-state index contributed by atoms with van der Waals surface area (Å²) < 4.78 is 1.80. The zero-order valence-corrected chi connectivity index (χ0v) is 17.6. The minimum absolute atomic E-state index is 0.0485. The first-order chi connectivity index (χ1) is 12.6. The molecule has 138 valence electrons. The summed E-state index contributed by atoms with van der Waals surface area (Å²) in [5, 5.41) is 5.86. The number of carbonyl (C=O) groups excluding carboxylic acids is 2. The van der Waals surface area contributed by atoms with E-state index >= 15 is 0 Å². The van der Waals surface area contributed by atoms with Crippen LogP contribution in [0.5, 0.6) is 0 Å². The molecule has 0 aromatic heterocycles. The number of nitrogens with one attached hydrogen (secondary N) is 2. The number of unbranched alkanes of at least 4 members (excludes halogenated alkanes) is 3. The molecule has 0 aliphatic carbocycles. The number of amides is 2. The zero-order chi connectivity index (χ0) is 18.8. The highest BCUT2D eigenvalue weighted by atomic mass is 79.9. The van der Waals surface area contributed by atoms with Gasteiger partial charge in [0.1, 0.15) is 0 Å². The van der Waals surface area contributed by atoms with Crippen molar-refractivity contribution in [2.45, 2.75) is 25.7 Å². The average molecular weight is 482 g/mol. The lowest BCUT2D eigenvalue weighted by molar-refractivity contribution is 0.0943. The Bertz CT molecular complexity index is 687. The van der Waals surface area contributed by atoms with E-state index < -0.39 is 0 Å². The van der Waals surface area contributed by atoms with E-state index in [1.165, 1.54) is 0 Å². The van der Waals surface area contributed by atoms with E-state index in [1.807, 2.05) is 36.4 Å². The number of rotatable bonds is 9. The number of benzene rings is 2. The van der Waals surface area contributed by atoms with Crippen molar-refractivity contribution in [1.29, 1.82) is 0 Å². The van der Waals surface area contributed by atoms with Crippen LogP contribution in [0.25, 0.3) is 0 Å². The molecular weight excluding hydrogens is 460 g/mol. The topological polar surface area (TPSA) is 58.2 Å². The van der Waals surface area contributed by atoms with Crippen LogP contribution in [-0.4, -0.2) is 24.9 Å². The highest BCUT2D eigenvalue weighted by Gasteiger charge is 2.05. The van der Waals surface area contributed by atoms with E-state index in [1.54, 1.807) is 12.1 Å². The van der Waals surface area contributed by atoms with Gasteiger partial charge in [-0.15, -0.1) is 0 Å². The second-order valence-electron chi connectivity index (χ2n) is 5.95.